The van der Waals surface area contributed by atoms with Crippen molar-refractivity contribution in [2.75, 3.05) is 13.7 Å². The largest absolute Gasteiger partial charge is 0.501 e. The van der Waals surface area contributed by atoms with Gasteiger partial charge in [0, 0.05) is 6.42 Å². The SMILES string of the molecule is COC1=CC(=O)OCC1. The molecule has 50 valence electrons. The standard InChI is InChI=1S/C6H8O3/c1-8-5-2-3-9-6(7)4-5/h4H,2-3H2,1H3. The molecule has 1 heterocycles. The fourth-order valence-corrected chi connectivity index (χ4v) is 0.658. The van der Waals surface area contributed by atoms with Crippen LogP contribution in [0.3, 0.4) is 0 Å². The van der Waals surface area contributed by atoms with Gasteiger partial charge in [-0.25, -0.2) is 4.79 Å². The molecule has 0 aliphatic carbocycles. The first-order valence-electron chi connectivity index (χ1n) is 2.74. The molecular weight excluding hydrogens is 120 g/mol. The molecule has 1 rings (SSSR count). The predicted molar refractivity (Wildman–Crippen MR) is 30.7 cm³/mol. The third kappa shape index (κ3) is 1.45. The van der Waals surface area contributed by atoms with E-state index < -0.39 is 0 Å². The normalized spacial score (nSPS) is 18.3. The average Bonchev–Trinajstić information content (AvgIpc) is 1.88. The van der Waals surface area contributed by atoms with Gasteiger partial charge in [-0.3, -0.25) is 0 Å². The molecule has 0 radical (unpaired) electrons. The molecular formula is C6H8O3. The summed E-state index contributed by atoms with van der Waals surface area (Å²) < 4.78 is 9.44. The number of carbonyl (C=O) groups is 1. The van der Waals surface area contributed by atoms with Crippen molar-refractivity contribution in [1.29, 1.82) is 0 Å². The van der Waals surface area contributed by atoms with Gasteiger partial charge in [0.15, 0.2) is 0 Å². The summed E-state index contributed by atoms with van der Waals surface area (Å²) in [5, 5.41) is 0. The molecule has 9 heavy (non-hydrogen) atoms. The van der Waals surface area contributed by atoms with Crippen molar-refractivity contribution in [3.8, 4) is 0 Å². The van der Waals surface area contributed by atoms with Crippen LogP contribution in [0.2, 0.25) is 0 Å². The maximum Gasteiger partial charge on any atom is 0.334 e. The van der Waals surface area contributed by atoms with Gasteiger partial charge >= 0.3 is 5.97 Å². The lowest BCUT2D eigenvalue weighted by atomic mass is 10.3. The Morgan fingerprint density at radius 3 is 3.00 bits per heavy atom. The number of hydrogen-bond acceptors (Lipinski definition) is 3. The van der Waals surface area contributed by atoms with E-state index in [0.29, 0.717) is 18.8 Å². The zero-order valence-corrected chi connectivity index (χ0v) is 5.22. The minimum atomic E-state index is -0.307. The Kier molecular flexibility index (Phi) is 1.72. The highest BCUT2D eigenvalue weighted by atomic mass is 16.5. The average molecular weight is 128 g/mol. The van der Waals surface area contributed by atoms with E-state index in [1.165, 1.54) is 6.08 Å². The van der Waals surface area contributed by atoms with Gasteiger partial charge in [0.2, 0.25) is 0 Å². The summed E-state index contributed by atoms with van der Waals surface area (Å²) in [5.41, 5.74) is 0. The van der Waals surface area contributed by atoms with Crippen LogP contribution in [0.5, 0.6) is 0 Å². The molecule has 1 aliphatic rings. The Morgan fingerprint density at radius 1 is 1.78 bits per heavy atom. The Hall–Kier alpha value is -0.990. The molecule has 0 fully saturated rings. The Balaban J connectivity index is 2.59. The summed E-state index contributed by atoms with van der Waals surface area (Å²) in [6, 6.07) is 0. The van der Waals surface area contributed by atoms with Crippen LogP contribution in [-0.4, -0.2) is 19.7 Å². The molecule has 1 aliphatic heterocycles. The first-order valence-corrected chi connectivity index (χ1v) is 2.74. The zero-order chi connectivity index (χ0) is 6.69. The number of carbonyl (C=O) groups excluding carboxylic acids is 1. The zero-order valence-electron chi connectivity index (χ0n) is 5.22. The topological polar surface area (TPSA) is 35.5 Å². The Bertz CT molecular complexity index is 148. The van der Waals surface area contributed by atoms with Gasteiger partial charge in [-0.05, 0) is 0 Å². The molecule has 0 saturated heterocycles. The number of esters is 1. The molecule has 0 saturated carbocycles. The summed E-state index contributed by atoms with van der Waals surface area (Å²) in [5.74, 6) is 0.393. The second-order valence-electron chi connectivity index (χ2n) is 1.73. The second-order valence-corrected chi connectivity index (χ2v) is 1.73. The molecule has 0 aromatic carbocycles. The molecule has 3 heteroatoms. The van der Waals surface area contributed by atoms with Gasteiger partial charge in [0.05, 0.1) is 19.8 Å². The van der Waals surface area contributed by atoms with E-state index in [1.807, 2.05) is 0 Å². The molecule has 0 amide bonds. The quantitative estimate of drug-likeness (QED) is 0.481. The second kappa shape index (κ2) is 2.53. The number of hydrogen-bond donors (Lipinski definition) is 0. The summed E-state index contributed by atoms with van der Waals surface area (Å²) in [6.45, 7) is 0.443. The van der Waals surface area contributed by atoms with E-state index in [9.17, 15) is 4.79 Å². The van der Waals surface area contributed by atoms with E-state index >= 15 is 0 Å². The van der Waals surface area contributed by atoms with Crippen molar-refractivity contribution in [2.45, 2.75) is 6.42 Å². The van der Waals surface area contributed by atoms with Crippen molar-refractivity contribution >= 4 is 5.97 Å². The lowest BCUT2D eigenvalue weighted by Gasteiger charge is -2.10. The smallest absolute Gasteiger partial charge is 0.334 e. The van der Waals surface area contributed by atoms with Crippen molar-refractivity contribution in [2.24, 2.45) is 0 Å². The summed E-state index contributed by atoms with van der Waals surface area (Å²) >= 11 is 0. The molecule has 0 bridgehead atoms. The fraction of sp³-hybridized carbons (Fsp3) is 0.500. The van der Waals surface area contributed by atoms with Crippen LogP contribution < -0.4 is 0 Å². The molecule has 0 aromatic heterocycles. The van der Waals surface area contributed by atoms with Crippen LogP contribution in [0.25, 0.3) is 0 Å². The van der Waals surface area contributed by atoms with Crippen LogP contribution in [0.4, 0.5) is 0 Å². The van der Waals surface area contributed by atoms with Gasteiger partial charge < -0.3 is 9.47 Å². The monoisotopic (exact) mass is 128 g/mol. The van der Waals surface area contributed by atoms with Gasteiger partial charge in [-0.1, -0.05) is 0 Å². The van der Waals surface area contributed by atoms with Gasteiger partial charge in [-0.15, -0.1) is 0 Å². The third-order valence-electron chi connectivity index (χ3n) is 1.13. The van der Waals surface area contributed by atoms with Crippen LogP contribution in [0, 0.1) is 0 Å². The van der Waals surface area contributed by atoms with Crippen LogP contribution in [-0.2, 0) is 14.3 Å². The van der Waals surface area contributed by atoms with E-state index in [4.69, 9.17) is 4.74 Å². The maximum atomic E-state index is 10.5. The lowest BCUT2D eigenvalue weighted by Crippen LogP contribution is -2.11. The van der Waals surface area contributed by atoms with Crippen molar-refractivity contribution < 1.29 is 14.3 Å². The van der Waals surface area contributed by atoms with Crippen molar-refractivity contribution in [1.82, 2.24) is 0 Å². The molecule has 0 unspecified atom stereocenters. The highest BCUT2D eigenvalue weighted by Crippen LogP contribution is 2.07. The van der Waals surface area contributed by atoms with Gasteiger partial charge in [-0.2, -0.15) is 0 Å². The number of rotatable bonds is 1. The Labute approximate surface area is 53.3 Å². The van der Waals surface area contributed by atoms with Crippen molar-refractivity contribution in [3.63, 3.8) is 0 Å². The molecule has 0 N–H and O–H groups in total. The van der Waals surface area contributed by atoms with E-state index in [0.717, 1.165) is 0 Å². The number of cyclic esters (lactones) is 1. The van der Waals surface area contributed by atoms with E-state index in [2.05, 4.69) is 4.74 Å². The summed E-state index contributed by atoms with van der Waals surface area (Å²) in [6.07, 6.45) is 2.06. The van der Waals surface area contributed by atoms with Crippen molar-refractivity contribution in [3.05, 3.63) is 11.8 Å². The molecule has 3 nitrogen and oxygen atoms in total. The number of methoxy groups -OCH3 is 1. The predicted octanol–water partition coefficient (Wildman–Crippen LogP) is 0.464. The highest BCUT2D eigenvalue weighted by Gasteiger charge is 2.09. The van der Waals surface area contributed by atoms with E-state index in [-0.39, 0.29) is 5.97 Å². The van der Waals surface area contributed by atoms with Crippen LogP contribution in [0.15, 0.2) is 11.8 Å². The van der Waals surface area contributed by atoms with Crippen LogP contribution in [0.1, 0.15) is 6.42 Å². The van der Waals surface area contributed by atoms with Crippen LogP contribution >= 0.6 is 0 Å². The van der Waals surface area contributed by atoms with Gasteiger partial charge in [0.25, 0.3) is 0 Å². The van der Waals surface area contributed by atoms with E-state index in [1.54, 1.807) is 7.11 Å². The fourth-order valence-electron chi connectivity index (χ4n) is 0.658. The molecule has 0 atom stereocenters. The number of ether oxygens (including phenoxy) is 2. The third-order valence-corrected chi connectivity index (χ3v) is 1.13. The maximum absolute atomic E-state index is 10.5. The molecule has 0 aromatic rings. The Morgan fingerprint density at radius 2 is 2.56 bits per heavy atom. The molecule has 0 spiro atoms. The first-order chi connectivity index (χ1) is 4.33. The summed E-state index contributed by atoms with van der Waals surface area (Å²) in [4.78, 5) is 10.5. The first kappa shape index (κ1) is 6.13. The highest BCUT2D eigenvalue weighted by molar-refractivity contribution is 5.83. The van der Waals surface area contributed by atoms with Gasteiger partial charge in [0.1, 0.15) is 5.76 Å². The summed E-state index contributed by atoms with van der Waals surface area (Å²) in [7, 11) is 1.55. The minimum absolute atomic E-state index is 0.307. The lowest BCUT2D eigenvalue weighted by molar-refractivity contribution is -0.139. The minimum Gasteiger partial charge on any atom is -0.501 e.